The number of carbonyl (C=O) groups excluding carboxylic acids is 1. The summed E-state index contributed by atoms with van der Waals surface area (Å²) in [4.78, 5) is 17.3. The van der Waals surface area contributed by atoms with Gasteiger partial charge in [0.15, 0.2) is 4.96 Å². The number of imidazole rings is 1. The van der Waals surface area contributed by atoms with Gasteiger partial charge in [-0.1, -0.05) is 23.8 Å². The quantitative estimate of drug-likeness (QED) is 0.805. The minimum atomic E-state index is 0.000674. The Kier molecular flexibility index (Phi) is 3.75. The van der Waals surface area contributed by atoms with Crippen LogP contribution in [0.1, 0.15) is 22.4 Å². The first kappa shape index (κ1) is 13.8. The van der Waals surface area contributed by atoms with E-state index in [-0.39, 0.29) is 5.91 Å². The molecule has 0 aliphatic heterocycles. The molecule has 0 fully saturated rings. The molecule has 0 saturated heterocycles. The Morgan fingerprint density at radius 3 is 3.00 bits per heavy atom. The van der Waals surface area contributed by atoms with E-state index in [2.05, 4.69) is 42.3 Å². The lowest BCUT2D eigenvalue weighted by Gasteiger charge is -2.08. The maximum Gasteiger partial charge on any atom is 0.226 e. The lowest BCUT2D eigenvalue weighted by Crippen LogP contribution is -2.25. The van der Waals surface area contributed by atoms with Gasteiger partial charge in [-0.15, -0.1) is 11.3 Å². The first-order valence-electron chi connectivity index (χ1n) is 6.86. The molecule has 0 spiro atoms. The predicted octanol–water partition coefficient (Wildman–Crippen LogP) is 2.87. The highest BCUT2D eigenvalue weighted by molar-refractivity contribution is 7.15. The number of thiazole rings is 1. The van der Waals surface area contributed by atoms with Crippen LogP contribution in [0, 0.1) is 13.8 Å². The highest BCUT2D eigenvalue weighted by atomic mass is 32.1. The van der Waals surface area contributed by atoms with Crippen LogP contribution in [0.2, 0.25) is 0 Å². The zero-order valence-electron chi connectivity index (χ0n) is 12.1. The molecule has 0 unspecified atom stereocenters. The molecular formula is C16H17N3OS. The predicted molar refractivity (Wildman–Crippen MR) is 84.5 cm³/mol. The van der Waals surface area contributed by atoms with E-state index in [4.69, 9.17) is 0 Å². The van der Waals surface area contributed by atoms with Gasteiger partial charge in [0.25, 0.3) is 0 Å². The summed E-state index contributed by atoms with van der Waals surface area (Å²) < 4.78 is 1.94. The highest BCUT2D eigenvalue weighted by Gasteiger charge is 2.08. The van der Waals surface area contributed by atoms with Crippen LogP contribution in [0.15, 0.2) is 36.0 Å². The van der Waals surface area contributed by atoms with Gasteiger partial charge in [-0.05, 0) is 25.0 Å². The fourth-order valence-electron chi connectivity index (χ4n) is 2.33. The van der Waals surface area contributed by atoms with Crippen molar-refractivity contribution < 1.29 is 4.79 Å². The third-order valence-corrected chi connectivity index (χ3v) is 4.23. The monoisotopic (exact) mass is 299 g/mol. The molecule has 1 N–H and O–H groups in total. The van der Waals surface area contributed by atoms with Gasteiger partial charge in [0, 0.05) is 24.3 Å². The molecule has 1 amide bonds. The maximum atomic E-state index is 12.0. The van der Waals surface area contributed by atoms with Gasteiger partial charge in [-0.2, -0.15) is 0 Å². The van der Waals surface area contributed by atoms with E-state index >= 15 is 0 Å². The zero-order chi connectivity index (χ0) is 14.8. The van der Waals surface area contributed by atoms with Crippen LogP contribution < -0.4 is 5.32 Å². The number of hydrogen-bond acceptors (Lipinski definition) is 3. The van der Waals surface area contributed by atoms with Crippen molar-refractivity contribution in [3.8, 4) is 0 Å². The normalized spacial score (nSPS) is 11.0. The van der Waals surface area contributed by atoms with Gasteiger partial charge in [0.05, 0.1) is 12.1 Å². The first-order chi connectivity index (χ1) is 10.1. The van der Waals surface area contributed by atoms with Gasteiger partial charge < -0.3 is 5.32 Å². The number of amides is 1. The number of benzene rings is 1. The molecule has 21 heavy (non-hydrogen) atoms. The van der Waals surface area contributed by atoms with E-state index in [1.54, 1.807) is 11.3 Å². The Bertz CT molecular complexity index is 759. The number of hydrogen-bond donors (Lipinski definition) is 1. The molecule has 0 bridgehead atoms. The van der Waals surface area contributed by atoms with Crippen molar-refractivity contribution in [2.45, 2.75) is 26.8 Å². The molecule has 4 nitrogen and oxygen atoms in total. The average molecular weight is 299 g/mol. The van der Waals surface area contributed by atoms with Crippen LogP contribution in [-0.4, -0.2) is 15.3 Å². The average Bonchev–Trinajstić information content (AvgIpc) is 2.98. The number of carbonyl (C=O) groups is 1. The van der Waals surface area contributed by atoms with Crippen LogP contribution in [0.25, 0.3) is 4.96 Å². The molecule has 1 aromatic carbocycles. The Morgan fingerprint density at radius 1 is 1.38 bits per heavy atom. The van der Waals surface area contributed by atoms with Crippen molar-refractivity contribution in [2.24, 2.45) is 0 Å². The minimum absolute atomic E-state index is 0.000674. The Labute approximate surface area is 127 Å². The summed E-state index contributed by atoms with van der Waals surface area (Å²) in [5.41, 5.74) is 4.40. The number of rotatable bonds is 4. The summed E-state index contributed by atoms with van der Waals surface area (Å²) in [6.45, 7) is 4.70. The summed E-state index contributed by atoms with van der Waals surface area (Å²) >= 11 is 1.57. The van der Waals surface area contributed by atoms with E-state index in [0.717, 1.165) is 16.2 Å². The van der Waals surface area contributed by atoms with Crippen molar-refractivity contribution in [3.63, 3.8) is 0 Å². The van der Waals surface area contributed by atoms with E-state index in [1.807, 2.05) is 22.2 Å². The summed E-state index contributed by atoms with van der Waals surface area (Å²) in [7, 11) is 0. The van der Waals surface area contributed by atoms with Crippen molar-refractivity contribution in [1.29, 1.82) is 0 Å². The van der Waals surface area contributed by atoms with Crippen LogP contribution in [0.3, 0.4) is 0 Å². The molecule has 0 saturated carbocycles. The van der Waals surface area contributed by atoms with E-state index in [0.29, 0.717) is 13.0 Å². The number of fused-ring (bicyclic) bond motifs is 1. The molecule has 5 heteroatoms. The third kappa shape index (κ3) is 3.13. The van der Waals surface area contributed by atoms with Gasteiger partial charge in [-0.25, -0.2) is 4.98 Å². The summed E-state index contributed by atoms with van der Waals surface area (Å²) in [6, 6.07) is 6.26. The highest BCUT2D eigenvalue weighted by Crippen LogP contribution is 2.12. The fraction of sp³-hybridized carbons (Fsp3) is 0.250. The van der Waals surface area contributed by atoms with E-state index in [9.17, 15) is 4.79 Å². The molecule has 0 radical (unpaired) electrons. The Hall–Kier alpha value is -2.14. The van der Waals surface area contributed by atoms with Crippen LogP contribution >= 0.6 is 11.3 Å². The second-order valence-corrected chi connectivity index (χ2v) is 6.08. The van der Waals surface area contributed by atoms with Gasteiger partial charge in [0.1, 0.15) is 0 Å². The third-order valence-electron chi connectivity index (χ3n) is 3.46. The zero-order valence-corrected chi connectivity index (χ0v) is 12.9. The summed E-state index contributed by atoms with van der Waals surface area (Å²) in [6.07, 6.45) is 4.17. The van der Waals surface area contributed by atoms with Crippen molar-refractivity contribution in [1.82, 2.24) is 14.7 Å². The topological polar surface area (TPSA) is 46.4 Å². The van der Waals surface area contributed by atoms with Crippen molar-refractivity contribution in [2.75, 3.05) is 0 Å². The van der Waals surface area contributed by atoms with Gasteiger partial charge >= 0.3 is 0 Å². The van der Waals surface area contributed by atoms with Crippen LogP contribution in [-0.2, 0) is 17.8 Å². The first-order valence-corrected chi connectivity index (χ1v) is 7.74. The Morgan fingerprint density at radius 2 is 2.24 bits per heavy atom. The Balaban J connectivity index is 1.60. The molecule has 2 heterocycles. The standard InChI is InChI=1S/C16H17N3OS/c1-11-3-4-13(12(2)7-11)9-17-15(20)8-14-10-19-5-6-21-16(19)18-14/h3-7,10H,8-9H2,1-2H3,(H,17,20). The molecular weight excluding hydrogens is 282 g/mol. The van der Waals surface area contributed by atoms with Crippen molar-refractivity contribution in [3.05, 3.63) is 58.4 Å². The number of nitrogens with zero attached hydrogens (tertiary/aromatic N) is 2. The SMILES string of the molecule is Cc1ccc(CNC(=O)Cc2cn3ccsc3n2)c(C)c1. The van der Waals surface area contributed by atoms with Crippen LogP contribution in [0.4, 0.5) is 0 Å². The molecule has 0 aliphatic carbocycles. The maximum absolute atomic E-state index is 12.0. The smallest absolute Gasteiger partial charge is 0.226 e. The lowest BCUT2D eigenvalue weighted by atomic mass is 10.1. The molecule has 0 aliphatic rings. The molecule has 3 rings (SSSR count). The largest absolute Gasteiger partial charge is 0.352 e. The molecule has 2 aromatic heterocycles. The van der Waals surface area contributed by atoms with Crippen molar-refractivity contribution >= 4 is 22.2 Å². The fourth-order valence-corrected chi connectivity index (χ4v) is 3.05. The summed E-state index contributed by atoms with van der Waals surface area (Å²) in [5, 5.41) is 4.94. The van der Waals surface area contributed by atoms with Gasteiger partial charge in [-0.3, -0.25) is 9.20 Å². The van der Waals surface area contributed by atoms with Crippen LogP contribution in [0.5, 0.6) is 0 Å². The molecule has 0 atom stereocenters. The minimum Gasteiger partial charge on any atom is -0.352 e. The second kappa shape index (κ2) is 5.69. The number of aromatic nitrogens is 2. The van der Waals surface area contributed by atoms with E-state index in [1.165, 1.54) is 11.1 Å². The lowest BCUT2D eigenvalue weighted by molar-refractivity contribution is -0.120. The summed E-state index contributed by atoms with van der Waals surface area (Å²) in [5.74, 6) is 0.000674. The number of aryl methyl sites for hydroxylation is 2. The van der Waals surface area contributed by atoms with Gasteiger partial charge in [0.2, 0.25) is 5.91 Å². The number of nitrogens with one attached hydrogen (secondary N) is 1. The molecule has 3 aromatic rings. The van der Waals surface area contributed by atoms with E-state index < -0.39 is 0 Å². The second-order valence-electron chi connectivity index (χ2n) is 5.21. The molecule has 108 valence electrons.